The molecular formula is C75H122N2O65. The second-order valence-electron chi connectivity index (χ2n) is 35.5. The van der Waals surface area contributed by atoms with E-state index in [-0.39, 0.29) is 0 Å². The molecule has 0 amide bonds. The molecule has 0 radical (unpaired) electrons. The monoisotopic (exact) mass is 2090 g/mol. The lowest BCUT2D eigenvalue weighted by atomic mass is 9.89. The number of carboxylic acids is 5. The van der Waals surface area contributed by atoms with E-state index in [1.165, 1.54) is 0 Å². The summed E-state index contributed by atoms with van der Waals surface area (Å²) in [5, 5.41) is 431. The first-order chi connectivity index (χ1) is 66.6. The number of carboxylic acid groups (broad SMARTS) is 5. The summed E-state index contributed by atoms with van der Waals surface area (Å²) < 4.78 is 120. The highest BCUT2D eigenvalue weighted by molar-refractivity contribution is 5.77. The Balaban J connectivity index is 0.937. The third kappa shape index (κ3) is 24.3. The van der Waals surface area contributed by atoms with Crippen LogP contribution in [-0.4, -0.2) is 643 Å². The summed E-state index contributed by atoms with van der Waals surface area (Å²) in [5.41, 5.74) is 12.6. The van der Waals surface area contributed by atoms with Crippen LogP contribution in [0.25, 0.3) is 0 Å². The summed E-state index contributed by atoms with van der Waals surface area (Å²) in [5.74, 6) is -21.4. The maximum Gasteiger partial charge on any atom is 0.364 e. The molecule has 11 aliphatic rings. The standard InChI is InChI=1S/C75H122N2O65/c76-25-31(96)29(94)24(12-124-74(71(117)118)1-13(84)27(92)48(141-74)16(87)5-79)126-62(25)131-52-22(9-83)125-63(26(77)32(52)97)134-55-38(103)42(107)67(138-59(55)61(113)114)133-54-43(108)47(20(91)10-122-64-39(104)34(99)36(101)46(128-64)15(86)4-78)129-68(44(54)109)135-56-45(110)69(132-53-21(3-73(121,70(115)116)140-51(53)19(90)8-82)139-75(72(119)120)2-14(85)28(93)49(142-75)17(88)6-80)130-50(18(89)7-81)58(56)137-66-41(106)33(98)30(95)23(127-66)11-123-65-40(105)35(100)37(102)57(136-65)60(111)112/h13-59,62-69,78-110,121H,1-12,76-77H2,(H,111,112)(H,113,114)(H,115,116)(H,117,118)(H,119,120)/t13-,14-,15+,16-,17-,18+,19-,20+,21-,22-,23-,24-,25-,26-,27-,28-,29-,30-,31-,32-,33+,34+,35+,36+,37-,38-,39+,40-,41-,42-,43-,44+,45+,46-,47-,48-,49-,50-,51-,52-,53-,54+,55-,56-,57+,58-,59+,62-,63-,64+,65-,66+,67+,68-,69-,73-,74-,75-/m1/s1. The van der Waals surface area contributed by atoms with Gasteiger partial charge in [0.05, 0.1) is 89.9 Å². The summed E-state index contributed by atoms with van der Waals surface area (Å²) in [6.07, 6.45) is -137. The molecule has 0 bridgehead atoms. The Bertz CT molecular complexity index is 4040. The van der Waals surface area contributed by atoms with Crippen molar-refractivity contribution in [3.8, 4) is 0 Å². The highest BCUT2D eigenvalue weighted by Gasteiger charge is 2.67. The van der Waals surface area contributed by atoms with E-state index < -0.39 is 463 Å². The van der Waals surface area contributed by atoms with Gasteiger partial charge in [-0.1, -0.05) is 0 Å². The van der Waals surface area contributed by atoms with Crippen molar-refractivity contribution in [1.29, 1.82) is 0 Å². The predicted molar refractivity (Wildman–Crippen MR) is 419 cm³/mol. The molecule has 0 aromatic carbocycles. The molecule has 11 aliphatic heterocycles. The van der Waals surface area contributed by atoms with Gasteiger partial charge in [-0.25, -0.2) is 24.0 Å². The van der Waals surface area contributed by atoms with Gasteiger partial charge in [0.25, 0.3) is 17.4 Å². The second-order valence-corrected chi connectivity index (χ2v) is 35.5. The Morgan fingerprint density at radius 3 is 1.25 bits per heavy atom. The molecule has 0 spiro atoms. The third-order valence-electron chi connectivity index (χ3n) is 25.9. The van der Waals surface area contributed by atoms with E-state index in [4.69, 9.17) is 111 Å². The van der Waals surface area contributed by atoms with Crippen molar-refractivity contribution in [2.24, 2.45) is 11.5 Å². The van der Waals surface area contributed by atoms with Gasteiger partial charge in [-0.2, -0.15) is 0 Å². The summed E-state index contributed by atoms with van der Waals surface area (Å²) in [4.78, 5) is 64.8. The van der Waals surface area contributed by atoms with Crippen LogP contribution in [0.4, 0.5) is 0 Å². The Hall–Kier alpha value is -4.93. The molecule has 11 heterocycles. The summed E-state index contributed by atoms with van der Waals surface area (Å²) in [6.45, 7) is -12.3. The van der Waals surface area contributed by atoms with Gasteiger partial charge >= 0.3 is 29.8 Å². The van der Waals surface area contributed by atoms with Crippen molar-refractivity contribution < 1.29 is 323 Å². The first kappa shape index (κ1) is 117. The van der Waals surface area contributed by atoms with Gasteiger partial charge in [0.2, 0.25) is 0 Å². The maximum absolute atomic E-state index is 13.6. The van der Waals surface area contributed by atoms with Crippen LogP contribution in [0.2, 0.25) is 0 Å². The fourth-order valence-electron chi connectivity index (χ4n) is 17.7. The van der Waals surface area contributed by atoms with Crippen LogP contribution < -0.4 is 11.5 Å². The van der Waals surface area contributed by atoms with Crippen LogP contribution >= 0.6 is 0 Å². The Morgan fingerprint density at radius 1 is 0.303 bits per heavy atom. The molecule has 11 saturated heterocycles. The van der Waals surface area contributed by atoms with Crippen molar-refractivity contribution in [3.63, 3.8) is 0 Å². The predicted octanol–water partition coefficient (Wildman–Crippen LogP) is -27.2. The zero-order valence-corrected chi connectivity index (χ0v) is 73.5. The molecule has 142 heavy (non-hydrogen) atoms. The van der Waals surface area contributed by atoms with Crippen LogP contribution in [0.5, 0.6) is 0 Å². The minimum Gasteiger partial charge on any atom is -0.479 e. The Morgan fingerprint density at radius 2 is 0.697 bits per heavy atom. The van der Waals surface area contributed by atoms with E-state index in [0.717, 1.165) is 0 Å². The van der Waals surface area contributed by atoms with E-state index in [1.807, 2.05) is 0 Å². The SMILES string of the molecule is N[C@H]1[C@@H](O[C@H]2[C@H](O)[C@@H](N)[C@@H](O[C@@H]3[C@H](O)[C@@H](O)[C@@H](O[C@@H]4[C@H](O)[C@@H](O[C@@H]5[C@H](O)[C@@H](O[C@H]6[C@@H]([C@H](O)CO)O[C@@](O)(C(=O)O)C[C@H]6O[C@]6(C(=O)O)C[C@@H](O)[C@@H](O)[C@@H]([C@H](O)CO)O6)O[C@H]([C@@H](O)CO)[C@H]5O[C@@H]5O[C@H](CO[C@@H]6O[C@H](C(=O)O)[C@H](O)[C@H](O)[C@H]6O)[C@@H](O)[C@H](O)[C@H]5O)O[C@H]([C@@H](O)CO[C@H]5O[C@H]([C@@H](O)CO)[C@@H](O)[C@H](O)[C@@H]5O)[C@H]4O)O[C@@H]3C(=O)O)O[C@@H]2CO)O[C@H](CO[C@]2(C(=O)O)C[C@@H](O)[C@@H](O)[C@@H]([C@H](O)CO)O2)[C@@H](O)[C@@H]1O. The van der Waals surface area contributed by atoms with E-state index in [9.17, 15) is 223 Å². The molecule has 0 aromatic rings. The van der Waals surface area contributed by atoms with Crippen LogP contribution in [0, 0.1) is 0 Å². The van der Waals surface area contributed by atoms with E-state index in [1.54, 1.807) is 0 Å². The quantitative estimate of drug-likeness (QED) is 0.0271. The number of carbonyl (C=O) groups is 5. The lowest BCUT2D eigenvalue weighted by Crippen LogP contribution is -2.71. The molecule has 0 saturated carbocycles. The number of aliphatic hydroxyl groups is 34. The highest BCUT2D eigenvalue weighted by Crippen LogP contribution is 2.46. The van der Waals surface area contributed by atoms with Crippen LogP contribution in [0.3, 0.4) is 0 Å². The molecular weight excluding hydrogens is 1970 g/mol. The van der Waals surface area contributed by atoms with E-state index in [2.05, 4.69) is 0 Å². The van der Waals surface area contributed by atoms with Gasteiger partial charge in [-0.15, -0.1) is 0 Å². The maximum atomic E-state index is 13.6. The van der Waals surface area contributed by atoms with Gasteiger partial charge in [-0.3, -0.25) is 0 Å². The lowest BCUT2D eigenvalue weighted by Gasteiger charge is -2.53. The first-order valence-corrected chi connectivity index (χ1v) is 43.8. The van der Waals surface area contributed by atoms with Gasteiger partial charge in [0.1, 0.15) is 244 Å². The average Bonchev–Trinajstić information content (AvgIpc) is 0.679. The molecule has 67 heteroatoms. The Kier molecular flexibility index (Phi) is 40.1. The van der Waals surface area contributed by atoms with Gasteiger partial charge < -0.3 is 310 Å². The highest BCUT2D eigenvalue weighted by atomic mass is 16.8. The molecule has 43 N–H and O–H groups in total. The van der Waals surface area contributed by atoms with Crippen molar-refractivity contribution in [2.75, 3.05) is 59.5 Å². The first-order valence-electron chi connectivity index (χ1n) is 43.8. The number of ether oxygens (including phenoxy) is 21. The molecule has 0 unspecified atom stereocenters. The molecule has 822 valence electrons. The van der Waals surface area contributed by atoms with Gasteiger partial charge in [0.15, 0.2) is 62.5 Å². The number of rotatable bonds is 40. The Labute approximate surface area is 795 Å². The fourth-order valence-corrected chi connectivity index (χ4v) is 17.7. The molecule has 67 nitrogen and oxygen atoms in total. The normalized spacial score (nSPS) is 49.1. The van der Waals surface area contributed by atoms with Crippen molar-refractivity contribution >= 4 is 29.8 Å². The molecule has 0 aliphatic carbocycles. The van der Waals surface area contributed by atoms with Crippen LogP contribution in [0.15, 0.2) is 0 Å². The smallest absolute Gasteiger partial charge is 0.364 e. The molecule has 58 atom stereocenters. The fraction of sp³-hybridized carbons (Fsp3) is 0.933. The summed E-state index contributed by atoms with van der Waals surface area (Å²) >= 11 is 0. The minimum absolute atomic E-state index is 1.08. The number of hydrogen-bond acceptors (Lipinski definition) is 62. The van der Waals surface area contributed by atoms with Crippen LogP contribution in [-0.2, 0) is 123 Å². The van der Waals surface area contributed by atoms with Crippen LogP contribution in [0.1, 0.15) is 19.3 Å². The average molecular weight is 2090 g/mol. The van der Waals surface area contributed by atoms with E-state index >= 15 is 0 Å². The third-order valence-corrected chi connectivity index (χ3v) is 25.9. The van der Waals surface area contributed by atoms with Gasteiger partial charge in [-0.05, 0) is 0 Å². The summed E-state index contributed by atoms with van der Waals surface area (Å²) in [6, 6.07) is -4.02. The number of aliphatic carboxylic acids is 5. The molecule has 11 rings (SSSR count). The largest absolute Gasteiger partial charge is 0.479 e. The lowest BCUT2D eigenvalue weighted by molar-refractivity contribution is -0.417. The number of hydrogen-bond donors (Lipinski definition) is 41. The zero-order chi connectivity index (χ0) is 105. The minimum atomic E-state index is -3.80. The molecule has 11 fully saturated rings. The summed E-state index contributed by atoms with van der Waals surface area (Å²) in [7, 11) is 0. The zero-order valence-electron chi connectivity index (χ0n) is 73.5. The number of aliphatic hydroxyl groups excluding tert-OH is 33. The number of nitrogens with two attached hydrogens (primary N) is 2. The molecule has 0 aromatic heterocycles. The van der Waals surface area contributed by atoms with E-state index in [0.29, 0.717) is 0 Å². The van der Waals surface area contributed by atoms with Crippen molar-refractivity contribution in [2.45, 2.75) is 374 Å². The van der Waals surface area contributed by atoms with Gasteiger partial charge in [0, 0.05) is 19.3 Å². The second kappa shape index (κ2) is 48.6. The topological polar surface area (TPSA) is 1120 Å². The van der Waals surface area contributed by atoms with Crippen molar-refractivity contribution in [1.82, 2.24) is 0 Å². The van der Waals surface area contributed by atoms with Crippen molar-refractivity contribution in [3.05, 3.63) is 0 Å².